The number of hydrogen-bond donors (Lipinski definition) is 2. The first-order valence-corrected chi connectivity index (χ1v) is 6.66. The maximum Gasteiger partial charge on any atom is 0.251 e. The van der Waals surface area contributed by atoms with E-state index in [0.29, 0.717) is 0 Å². The maximum atomic E-state index is 11.1. The smallest absolute Gasteiger partial charge is 0.251 e. The van der Waals surface area contributed by atoms with Crippen LogP contribution in [0, 0.1) is 6.92 Å². The molecule has 0 saturated heterocycles. The Kier molecular flexibility index (Phi) is 5.86. The van der Waals surface area contributed by atoms with Gasteiger partial charge in [-0.1, -0.05) is 18.2 Å². The normalized spacial score (nSPS) is 10.5. The molecule has 0 saturated carbocycles. The van der Waals surface area contributed by atoms with Crippen LogP contribution >= 0.6 is 24.4 Å². The Hall–Kier alpha value is -0.420. The lowest BCUT2D eigenvalue weighted by atomic mass is 10.3. The van der Waals surface area contributed by atoms with Crippen LogP contribution in [0.4, 0.5) is 0 Å². The van der Waals surface area contributed by atoms with Crippen LogP contribution < -0.4 is 5.56 Å². The van der Waals surface area contributed by atoms with Gasteiger partial charge in [0.1, 0.15) is 0 Å². The maximum absolute atomic E-state index is 11.1. The predicted molar refractivity (Wildman–Crippen MR) is 68.0 cm³/mol. The van der Waals surface area contributed by atoms with Gasteiger partial charge < -0.3 is 4.98 Å². The zero-order chi connectivity index (χ0) is 11.1. The molecule has 0 aliphatic heterocycles. The highest BCUT2D eigenvalue weighted by Crippen LogP contribution is 2.13. The van der Waals surface area contributed by atoms with Gasteiger partial charge in [0.15, 0.2) is 5.16 Å². The van der Waals surface area contributed by atoms with E-state index in [9.17, 15) is 4.79 Å². The van der Waals surface area contributed by atoms with Crippen LogP contribution in [-0.2, 0) is 0 Å². The molecule has 0 spiro atoms. The van der Waals surface area contributed by atoms with Crippen molar-refractivity contribution in [3.05, 3.63) is 22.1 Å². The van der Waals surface area contributed by atoms with Gasteiger partial charge in [-0.3, -0.25) is 4.79 Å². The summed E-state index contributed by atoms with van der Waals surface area (Å²) in [5, 5.41) is 0.728. The number of thioether (sulfide) groups is 1. The third-order valence-electron chi connectivity index (χ3n) is 1.89. The van der Waals surface area contributed by atoms with Crippen molar-refractivity contribution in [2.45, 2.75) is 31.3 Å². The van der Waals surface area contributed by atoms with Gasteiger partial charge >= 0.3 is 0 Å². The molecule has 0 aromatic carbocycles. The number of H-pyrrole nitrogens is 1. The van der Waals surface area contributed by atoms with Crippen LogP contribution in [0.25, 0.3) is 0 Å². The second-order valence-corrected chi connectivity index (χ2v) is 4.86. The van der Waals surface area contributed by atoms with Gasteiger partial charge in [-0.05, 0) is 25.5 Å². The third kappa shape index (κ3) is 5.28. The number of aromatic amines is 1. The third-order valence-corrected chi connectivity index (χ3v) is 3.17. The van der Waals surface area contributed by atoms with E-state index in [1.165, 1.54) is 12.5 Å². The van der Waals surface area contributed by atoms with E-state index >= 15 is 0 Å². The first-order valence-electron chi connectivity index (χ1n) is 5.04. The van der Waals surface area contributed by atoms with Crippen LogP contribution in [0.3, 0.4) is 0 Å². The first kappa shape index (κ1) is 12.6. The van der Waals surface area contributed by atoms with E-state index in [1.54, 1.807) is 11.8 Å². The molecular weight excluding hydrogens is 228 g/mol. The quantitative estimate of drug-likeness (QED) is 0.349. The number of aryl methyl sites for hydroxylation is 1. The monoisotopic (exact) mass is 244 g/mol. The zero-order valence-electron chi connectivity index (χ0n) is 8.82. The lowest BCUT2D eigenvalue weighted by molar-refractivity contribution is 0.784. The summed E-state index contributed by atoms with van der Waals surface area (Å²) in [6, 6.07) is 1.50. The van der Waals surface area contributed by atoms with E-state index in [4.69, 9.17) is 0 Å². The van der Waals surface area contributed by atoms with Crippen molar-refractivity contribution >= 4 is 24.4 Å². The summed E-state index contributed by atoms with van der Waals surface area (Å²) in [6.45, 7) is 1.83. The fourth-order valence-electron chi connectivity index (χ4n) is 1.18. The van der Waals surface area contributed by atoms with Crippen molar-refractivity contribution in [2.24, 2.45) is 0 Å². The van der Waals surface area contributed by atoms with Gasteiger partial charge in [0.2, 0.25) is 0 Å². The fourth-order valence-corrected chi connectivity index (χ4v) is 2.33. The van der Waals surface area contributed by atoms with Gasteiger partial charge in [-0.15, -0.1) is 0 Å². The molecule has 1 heterocycles. The van der Waals surface area contributed by atoms with Crippen molar-refractivity contribution in [2.75, 3.05) is 11.5 Å². The summed E-state index contributed by atoms with van der Waals surface area (Å²) in [7, 11) is 0. The molecule has 3 nitrogen and oxygen atoms in total. The van der Waals surface area contributed by atoms with Gasteiger partial charge in [0.05, 0.1) is 0 Å². The molecule has 0 aliphatic rings. The van der Waals surface area contributed by atoms with Gasteiger partial charge in [0.25, 0.3) is 5.56 Å². The van der Waals surface area contributed by atoms with E-state index in [-0.39, 0.29) is 5.56 Å². The van der Waals surface area contributed by atoms with Crippen LogP contribution in [-0.4, -0.2) is 21.5 Å². The average molecular weight is 244 g/mol. The van der Waals surface area contributed by atoms with Crippen molar-refractivity contribution < 1.29 is 0 Å². The molecule has 15 heavy (non-hydrogen) atoms. The van der Waals surface area contributed by atoms with E-state index < -0.39 is 0 Å². The molecule has 1 N–H and O–H groups in total. The number of hydrogen-bond acceptors (Lipinski definition) is 4. The Bertz CT molecular complexity index is 352. The Morgan fingerprint density at radius 2 is 2.27 bits per heavy atom. The lowest BCUT2D eigenvalue weighted by Gasteiger charge is -2.01. The number of aromatic nitrogens is 2. The molecule has 0 bridgehead atoms. The summed E-state index contributed by atoms with van der Waals surface area (Å²) in [5.74, 6) is 1.95. The van der Waals surface area contributed by atoms with E-state index in [1.807, 2.05) is 6.92 Å². The molecule has 5 heteroatoms. The van der Waals surface area contributed by atoms with E-state index in [2.05, 4.69) is 22.6 Å². The molecule has 0 radical (unpaired) electrons. The molecule has 84 valence electrons. The van der Waals surface area contributed by atoms with Crippen LogP contribution in [0.15, 0.2) is 16.0 Å². The van der Waals surface area contributed by atoms with Gasteiger partial charge in [0, 0.05) is 17.5 Å². The molecule has 0 unspecified atom stereocenters. The molecule has 1 rings (SSSR count). The second kappa shape index (κ2) is 6.95. The minimum atomic E-state index is -0.0691. The lowest BCUT2D eigenvalue weighted by Crippen LogP contribution is -2.08. The number of nitrogens with one attached hydrogen (secondary N) is 1. The SMILES string of the molecule is Cc1cc(=O)[nH]c(SCCCCCS)n1. The van der Waals surface area contributed by atoms with Crippen molar-refractivity contribution in [1.82, 2.24) is 9.97 Å². The topological polar surface area (TPSA) is 45.8 Å². The standard InChI is InChI=1S/C10H16N2OS2/c1-8-7-9(13)12-10(11-8)15-6-4-2-3-5-14/h7,14H,2-6H2,1H3,(H,11,12,13). The number of rotatable bonds is 6. The summed E-state index contributed by atoms with van der Waals surface area (Å²) in [6.07, 6.45) is 3.48. The van der Waals surface area contributed by atoms with Crippen LogP contribution in [0.5, 0.6) is 0 Å². The number of nitrogens with zero attached hydrogens (tertiary/aromatic N) is 1. The second-order valence-electron chi connectivity index (χ2n) is 3.32. The zero-order valence-corrected chi connectivity index (χ0v) is 10.5. The van der Waals surface area contributed by atoms with Crippen LogP contribution in [0.1, 0.15) is 25.0 Å². The van der Waals surface area contributed by atoms with Gasteiger partial charge in [-0.2, -0.15) is 12.6 Å². The summed E-state index contributed by atoms with van der Waals surface area (Å²) >= 11 is 5.76. The fraction of sp³-hybridized carbons (Fsp3) is 0.600. The molecule has 0 amide bonds. The highest BCUT2D eigenvalue weighted by molar-refractivity contribution is 7.99. The summed E-state index contributed by atoms with van der Waals surface area (Å²) in [5.41, 5.74) is 0.706. The molecular formula is C10H16N2OS2. The Labute approximate surface area is 99.5 Å². The predicted octanol–water partition coefficient (Wildman–Crippen LogP) is 2.27. The van der Waals surface area contributed by atoms with E-state index in [0.717, 1.165) is 35.2 Å². The number of unbranched alkanes of at least 4 members (excludes halogenated alkanes) is 2. The van der Waals surface area contributed by atoms with Crippen molar-refractivity contribution in [1.29, 1.82) is 0 Å². The summed E-state index contributed by atoms with van der Waals surface area (Å²) in [4.78, 5) is 18.1. The summed E-state index contributed by atoms with van der Waals surface area (Å²) < 4.78 is 0. The highest BCUT2D eigenvalue weighted by atomic mass is 32.2. The Morgan fingerprint density at radius 3 is 2.93 bits per heavy atom. The number of thiol groups is 1. The molecule has 0 aliphatic carbocycles. The minimum absolute atomic E-state index is 0.0691. The molecule has 0 atom stereocenters. The molecule has 1 aromatic rings. The van der Waals surface area contributed by atoms with Crippen molar-refractivity contribution in [3.63, 3.8) is 0 Å². The molecule has 0 fully saturated rings. The highest BCUT2D eigenvalue weighted by Gasteiger charge is 1.98. The van der Waals surface area contributed by atoms with Gasteiger partial charge in [-0.25, -0.2) is 4.98 Å². The van der Waals surface area contributed by atoms with Crippen molar-refractivity contribution in [3.8, 4) is 0 Å². The largest absolute Gasteiger partial charge is 0.301 e. The average Bonchev–Trinajstić information content (AvgIpc) is 2.16. The molecule has 1 aromatic heterocycles. The Balaban J connectivity index is 2.34. The Morgan fingerprint density at radius 1 is 1.47 bits per heavy atom. The minimum Gasteiger partial charge on any atom is -0.301 e. The first-order chi connectivity index (χ1) is 7.22. The van der Waals surface area contributed by atoms with Crippen LogP contribution in [0.2, 0.25) is 0 Å².